The molecule has 0 radical (unpaired) electrons. The van der Waals surface area contributed by atoms with Gasteiger partial charge in [0.15, 0.2) is 0 Å². The van der Waals surface area contributed by atoms with Crippen LogP contribution in [0, 0.1) is 0 Å². The number of piperidine rings is 1. The number of nitrogens with zero attached hydrogens (tertiary/aromatic N) is 4. The fraction of sp³-hybridized carbons (Fsp3) is 0.379. The number of hydrogen-bond acceptors (Lipinski definition) is 5. The molecule has 0 aliphatic carbocycles. The molecule has 0 atom stereocenters. The summed E-state index contributed by atoms with van der Waals surface area (Å²) in [4.78, 5) is 24.6. The number of carbonyl (C=O) groups excluding carboxylic acids is 1. The maximum absolute atomic E-state index is 12.7. The van der Waals surface area contributed by atoms with Gasteiger partial charge in [-0.25, -0.2) is 4.98 Å². The molecule has 2 aromatic carbocycles. The fourth-order valence-electron chi connectivity index (χ4n) is 5.31. The standard InChI is InChI=1S/C29H31BrCl3N5O.H2/c30-23-4-1-20(2-5-23)19-36-9-7-24(8-10-36)37-11-13-38(14-12-37)28-27(33)16-22(18-34-28)29(39)35-17-21-3-6-25(31)26(32)15-21;/h1-6,15-16,18,24H,7-14,17,19H2,(H,35,39);1H. The smallest absolute Gasteiger partial charge is 0.253 e. The molecule has 6 nitrogen and oxygen atoms in total. The molecule has 2 saturated heterocycles. The average Bonchev–Trinajstić information content (AvgIpc) is 2.95. The number of anilines is 1. The Morgan fingerprint density at radius 1 is 0.897 bits per heavy atom. The third kappa shape index (κ3) is 7.46. The van der Waals surface area contributed by atoms with Crippen molar-refractivity contribution in [3.63, 3.8) is 0 Å². The zero-order valence-electron chi connectivity index (χ0n) is 21.6. The highest BCUT2D eigenvalue weighted by molar-refractivity contribution is 9.10. The van der Waals surface area contributed by atoms with Crippen LogP contribution >= 0.6 is 50.7 Å². The molecular weight excluding hydrogens is 621 g/mol. The van der Waals surface area contributed by atoms with E-state index in [1.165, 1.54) is 18.4 Å². The quantitative estimate of drug-likeness (QED) is 0.305. The Balaban J connectivity index is 0.00000370. The summed E-state index contributed by atoms with van der Waals surface area (Å²) in [5.41, 5.74) is 2.66. The monoisotopic (exact) mass is 651 g/mol. The number of pyridine rings is 1. The molecule has 2 aliphatic rings. The fourth-order valence-corrected chi connectivity index (χ4v) is 6.18. The average molecular weight is 654 g/mol. The first kappa shape index (κ1) is 28.7. The van der Waals surface area contributed by atoms with Gasteiger partial charge in [-0.2, -0.15) is 0 Å². The van der Waals surface area contributed by atoms with Crippen molar-refractivity contribution in [1.82, 2.24) is 20.1 Å². The highest BCUT2D eigenvalue weighted by Crippen LogP contribution is 2.27. The van der Waals surface area contributed by atoms with Crippen LogP contribution in [0.3, 0.4) is 0 Å². The Morgan fingerprint density at radius 2 is 1.59 bits per heavy atom. The second-order valence-electron chi connectivity index (χ2n) is 10.1. The lowest BCUT2D eigenvalue weighted by atomic mass is 10.0. The first-order valence-corrected chi connectivity index (χ1v) is 15.1. The molecule has 1 N–H and O–H groups in total. The van der Waals surface area contributed by atoms with E-state index in [1.807, 2.05) is 6.07 Å². The highest BCUT2D eigenvalue weighted by Gasteiger charge is 2.28. The van der Waals surface area contributed by atoms with Crippen LogP contribution < -0.4 is 10.2 Å². The number of carbonyl (C=O) groups is 1. The number of halogens is 4. The SMILES string of the molecule is O=C(NCc1ccc(Cl)c(Cl)c1)c1cnc(N2CCN(C3CCN(Cc4ccc(Br)cc4)CC3)CC2)c(Cl)c1.[HH]. The summed E-state index contributed by atoms with van der Waals surface area (Å²) in [6, 6.07) is 16.2. The molecule has 0 unspecified atom stereocenters. The molecule has 0 saturated carbocycles. The second kappa shape index (κ2) is 13.2. The normalized spacial score (nSPS) is 17.4. The molecule has 208 valence electrons. The number of aromatic nitrogens is 1. The van der Waals surface area contributed by atoms with E-state index in [1.54, 1.807) is 24.4 Å². The van der Waals surface area contributed by atoms with Crippen molar-refractivity contribution in [2.75, 3.05) is 44.2 Å². The van der Waals surface area contributed by atoms with Gasteiger partial charge in [-0.1, -0.05) is 68.9 Å². The van der Waals surface area contributed by atoms with Crippen LogP contribution in [-0.4, -0.2) is 66.0 Å². The molecule has 10 heteroatoms. The molecule has 0 spiro atoms. The zero-order valence-corrected chi connectivity index (χ0v) is 25.4. The Bertz CT molecular complexity index is 1300. The number of likely N-dealkylation sites (tertiary alicyclic amines) is 1. The van der Waals surface area contributed by atoms with Gasteiger partial charge in [0.05, 0.1) is 20.6 Å². The Hall–Kier alpha value is -1.87. The molecule has 2 aliphatic heterocycles. The summed E-state index contributed by atoms with van der Waals surface area (Å²) < 4.78 is 1.12. The molecule has 3 heterocycles. The number of nitrogens with one attached hydrogen (secondary N) is 1. The minimum atomic E-state index is -0.238. The van der Waals surface area contributed by atoms with Crippen molar-refractivity contribution < 1.29 is 6.22 Å². The molecule has 1 amide bonds. The molecular formula is C29H33BrCl3N5O. The second-order valence-corrected chi connectivity index (χ2v) is 12.3. The van der Waals surface area contributed by atoms with E-state index in [-0.39, 0.29) is 7.33 Å². The van der Waals surface area contributed by atoms with Crippen molar-refractivity contribution in [2.24, 2.45) is 0 Å². The lowest BCUT2D eigenvalue weighted by Gasteiger charge is -2.43. The van der Waals surface area contributed by atoms with E-state index < -0.39 is 0 Å². The van der Waals surface area contributed by atoms with Gasteiger partial charge in [-0.3, -0.25) is 14.6 Å². The van der Waals surface area contributed by atoms with Gasteiger partial charge < -0.3 is 10.2 Å². The number of rotatable bonds is 7. The molecule has 1 aromatic heterocycles. The lowest BCUT2D eigenvalue weighted by Crippen LogP contribution is -2.53. The maximum atomic E-state index is 12.7. The van der Waals surface area contributed by atoms with Crippen LogP contribution in [0.1, 0.15) is 35.8 Å². The van der Waals surface area contributed by atoms with Crippen molar-refractivity contribution in [2.45, 2.75) is 32.0 Å². The first-order valence-electron chi connectivity index (χ1n) is 13.2. The highest BCUT2D eigenvalue weighted by atomic mass is 79.9. The molecule has 2 fully saturated rings. The number of piperazine rings is 1. The van der Waals surface area contributed by atoms with Crippen LogP contribution in [0.5, 0.6) is 0 Å². The van der Waals surface area contributed by atoms with Crippen molar-refractivity contribution in [3.05, 3.63) is 91.0 Å². The first-order chi connectivity index (χ1) is 18.9. The summed E-state index contributed by atoms with van der Waals surface area (Å²) >= 11 is 22.1. The maximum Gasteiger partial charge on any atom is 0.253 e. The van der Waals surface area contributed by atoms with E-state index in [9.17, 15) is 4.79 Å². The Labute approximate surface area is 254 Å². The number of hydrogen-bond donors (Lipinski definition) is 1. The van der Waals surface area contributed by atoms with Gasteiger partial charge in [0.1, 0.15) is 5.82 Å². The zero-order chi connectivity index (χ0) is 27.4. The topological polar surface area (TPSA) is 51.7 Å². The summed E-state index contributed by atoms with van der Waals surface area (Å²) in [5, 5.41) is 4.32. The Kier molecular flexibility index (Phi) is 9.69. The van der Waals surface area contributed by atoms with Crippen LogP contribution in [-0.2, 0) is 13.1 Å². The molecule has 5 rings (SSSR count). The van der Waals surface area contributed by atoms with Gasteiger partial charge >= 0.3 is 0 Å². The molecule has 0 bridgehead atoms. The van der Waals surface area contributed by atoms with E-state index in [2.05, 4.69) is 65.2 Å². The van der Waals surface area contributed by atoms with Crippen LogP contribution in [0.2, 0.25) is 15.1 Å². The summed E-state index contributed by atoms with van der Waals surface area (Å²) in [5.74, 6) is 0.500. The van der Waals surface area contributed by atoms with Crippen molar-refractivity contribution in [3.8, 4) is 0 Å². The van der Waals surface area contributed by atoms with Gasteiger partial charge in [0, 0.05) is 57.4 Å². The van der Waals surface area contributed by atoms with E-state index in [0.29, 0.717) is 33.2 Å². The lowest BCUT2D eigenvalue weighted by molar-refractivity contribution is 0.0950. The van der Waals surface area contributed by atoms with Gasteiger partial charge in [-0.05, 0) is 67.4 Å². The third-order valence-corrected chi connectivity index (χ3v) is 9.07. The largest absolute Gasteiger partial charge is 0.353 e. The number of benzene rings is 2. The predicted octanol–water partition coefficient (Wildman–Crippen LogP) is 6.77. The number of amides is 1. The predicted molar refractivity (Wildman–Crippen MR) is 165 cm³/mol. The van der Waals surface area contributed by atoms with Gasteiger partial charge in [0.2, 0.25) is 0 Å². The summed E-state index contributed by atoms with van der Waals surface area (Å²) in [6.07, 6.45) is 3.99. The molecule has 3 aromatic rings. The van der Waals surface area contributed by atoms with Gasteiger partial charge in [-0.15, -0.1) is 0 Å². The Morgan fingerprint density at radius 3 is 2.26 bits per heavy atom. The summed E-state index contributed by atoms with van der Waals surface area (Å²) in [7, 11) is 0. The molecule has 39 heavy (non-hydrogen) atoms. The summed E-state index contributed by atoms with van der Waals surface area (Å²) in [6.45, 7) is 7.32. The third-order valence-electron chi connectivity index (χ3n) is 7.53. The van der Waals surface area contributed by atoms with Crippen molar-refractivity contribution in [1.29, 1.82) is 0 Å². The van der Waals surface area contributed by atoms with E-state index in [0.717, 1.165) is 61.7 Å². The van der Waals surface area contributed by atoms with Crippen LogP contribution in [0.15, 0.2) is 59.2 Å². The van der Waals surface area contributed by atoms with Gasteiger partial charge in [0.25, 0.3) is 5.91 Å². The van der Waals surface area contributed by atoms with Crippen LogP contribution in [0.25, 0.3) is 0 Å². The van der Waals surface area contributed by atoms with Crippen molar-refractivity contribution >= 4 is 62.5 Å². The van der Waals surface area contributed by atoms with Crippen LogP contribution in [0.4, 0.5) is 5.82 Å². The minimum absolute atomic E-state index is 0. The van der Waals surface area contributed by atoms with E-state index in [4.69, 9.17) is 34.8 Å². The minimum Gasteiger partial charge on any atom is -0.353 e. The van der Waals surface area contributed by atoms with E-state index >= 15 is 0 Å².